The first kappa shape index (κ1) is 16.0. The molecule has 2 N–H and O–H groups in total. The third-order valence-electron chi connectivity index (χ3n) is 3.62. The summed E-state index contributed by atoms with van der Waals surface area (Å²) in [6.07, 6.45) is 0. The van der Waals surface area contributed by atoms with Crippen molar-refractivity contribution in [2.45, 2.75) is 6.92 Å². The highest BCUT2D eigenvalue weighted by Crippen LogP contribution is 2.24. The number of aryl methyl sites for hydroxylation is 1. The molecule has 3 aromatic rings. The molecule has 24 heavy (non-hydrogen) atoms. The number of nitrogens with one attached hydrogen (secondary N) is 2. The zero-order valence-corrected chi connectivity index (χ0v) is 14.1. The summed E-state index contributed by atoms with van der Waals surface area (Å²) in [6.45, 7) is 1.85. The molecule has 0 radical (unpaired) electrons. The highest BCUT2D eigenvalue weighted by Gasteiger charge is 2.18. The fourth-order valence-electron chi connectivity index (χ4n) is 2.39. The van der Waals surface area contributed by atoms with Crippen molar-refractivity contribution in [3.8, 4) is 5.75 Å². The highest BCUT2D eigenvalue weighted by atomic mass is 32.1. The molecule has 0 spiro atoms. The van der Waals surface area contributed by atoms with Crippen molar-refractivity contribution >= 4 is 39.9 Å². The second kappa shape index (κ2) is 6.72. The number of benzene rings is 2. The molecule has 0 bridgehead atoms. The number of para-hydroxylation sites is 1. The molecule has 1 amide bonds. The van der Waals surface area contributed by atoms with Gasteiger partial charge in [0.25, 0.3) is 5.91 Å². The van der Waals surface area contributed by atoms with E-state index in [9.17, 15) is 4.79 Å². The first-order chi connectivity index (χ1) is 11.6. The Kier molecular flexibility index (Phi) is 4.48. The van der Waals surface area contributed by atoms with Crippen molar-refractivity contribution in [3.63, 3.8) is 0 Å². The average Bonchev–Trinajstić information content (AvgIpc) is 2.93. The van der Waals surface area contributed by atoms with E-state index in [1.807, 2.05) is 43.3 Å². The van der Waals surface area contributed by atoms with E-state index >= 15 is 0 Å². The minimum absolute atomic E-state index is 0.199. The molecule has 3 rings (SSSR count). The van der Waals surface area contributed by atoms with Crippen LogP contribution in [0, 0.1) is 6.92 Å². The molecule has 0 aliphatic carbocycles. The third kappa shape index (κ3) is 3.23. The van der Waals surface area contributed by atoms with Crippen LogP contribution in [0.15, 0.2) is 52.9 Å². The fourth-order valence-corrected chi connectivity index (χ4v) is 2.60. The molecule has 1 heterocycles. The maximum atomic E-state index is 12.4. The van der Waals surface area contributed by atoms with Crippen molar-refractivity contribution < 1.29 is 13.9 Å². The second-order valence-corrected chi connectivity index (χ2v) is 5.60. The van der Waals surface area contributed by atoms with E-state index in [4.69, 9.17) is 21.4 Å². The lowest BCUT2D eigenvalue weighted by Gasteiger charge is -2.09. The van der Waals surface area contributed by atoms with Crippen molar-refractivity contribution in [1.29, 1.82) is 0 Å². The SMILES string of the molecule is COc1ccc(NC(=S)NC(=O)c2oc3ccccc3c2C)cc1. The predicted octanol–water partition coefficient (Wildman–Crippen LogP) is 3.88. The number of carbonyl (C=O) groups is 1. The highest BCUT2D eigenvalue weighted by molar-refractivity contribution is 7.80. The molecule has 2 aromatic carbocycles. The lowest BCUT2D eigenvalue weighted by Crippen LogP contribution is -2.34. The quantitative estimate of drug-likeness (QED) is 0.709. The Morgan fingerprint density at radius 2 is 1.83 bits per heavy atom. The van der Waals surface area contributed by atoms with Crippen LogP contribution in [-0.4, -0.2) is 18.1 Å². The van der Waals surface area contributed by atoms with E-state index in [2.05, 4.69) is 10.6 Å². The van der Waals surface area contributed by atoms with E-state index in [0.717, 1.165) is 22.4 Å². The first-order valence-electron chi connectivity index (χ1n) is 7.33. The number of anilines is 1. The van der Waals surface area contributed by atoms with E-state index in [1.165, 1.54) is 0 Å². The van der Waals surface area contributed by atoms with Crippen LogP contribution in [0.2, 0.25) is 0 Å². The molecular weight excluding hydrogens is 324 g/mol. The number of rotatable bonds is 3. The third-order valence-corrected chi connectivity index (χ3v) is 3.83. The van der Waals surface area contributed by atoms with Crippen molar-refractivity contribution in [3.05, 3.63) is 59.9 Å². The van der Waals surface area contributed by atoms with Gasteiger partial charge in [0.2, 0.25) is 0 Å². The van der Waals surface area contributed by atoms with Crippen LogP contribution < -0.4 is 15.4 Å². The van der Waals surface area contributed by atoms with Gasteiger partial charge >= 0.3 is 0 Å². The lowest BCUT2D eigenvalue weighted by molar-refractivity contribution is 0.0952. The van der Waals surface area contributed by atoms with Crippen molar-refractivity contribution in [2.75, 3.05) is 12.4 Å². The van der Waals surface area contributed by atoms with Crippen LogP contribution in [0.5, 0.6) is 5.75 Å². The Hall–Kier alpha value is -2.86. The number of thiocarbonyl (C=S) groups is 1. The number of ether oxygens (including phenoxy) is 1. The molecule has 122 valence electrons. The molecular formula is C18H16N2O3S. The number of hydrogen-bond acceptors (Lipinski definition) is 4. The Labute approximate surface area is 144 Å². The Morgan fingerprint density at radius 1 is 1.12 bits per heavy atom. The molecule has 1 aromatic heterocycles. The maximum absolute atomic E-state index is 12.4. The van der Waals surface area contributed by atoms with Gasteiger partial charge in [0.15, 0.2) is 10.9 Å². The molecule has 0 saturated heterocycles. The van der Waals surface area contributed by atoms with E-state index in [0.29, 0.717) is 5.58 Å². The summed E-state index contributed by atoms with van der Waals surface area (Å²) in [5, 5.41) is 6.69. The predicted molar refractivity (Wildman–Crippen MR) is 97.6 cm³/mol. The monoisotopic (exact) mass is 340 g/mol. The Bertz CT molecular complexity index is 900. The number of amides is 1. The van der Waals surface area contributed by atoms with E-state index in [-0.39, 0.29) is 16.8 Å². The summed E-state index contributed by atoms with van der Waals surface area (Å²) in [5.74, 6) is 0.623. The van der Waals surface area contributed by atoms with Gasteiger partial charge in [0.1, 0.15) is 11.3 Å². The molecule has 5 nitrogen and oxygen atoms in total. The Balaban J connectivity index is 1.71. The van der Waals surface area contributed by atoms with Gasteiger partial charge in [0, 0.05) is 16.6 Å². The number of carbonyl (C=O) groups excluding carboxylic acids is 1. The van der Waals surface area contributed by atoms with Gasteiger partial charge in [-0.15, -0.1) is 0 Å². The van der Waals surface area contributed by atoms with E-state index < -0.39 is 0 Å². The summed E-state index contributed by atoms with van der Waals surface area (Å²) in [4.78, 5) is 12.4. The molecule has 0 unspecified atom stereocenters. The average molecular weight is 340 g/mol. The van der Waals surface area contributed by atoms with Crippen LogP contribution in [0.3, 0.4) is 0 Å². The normalized spacial score (nSPS) is 10.4. The molecule has 6 heteroatoms. The number of hydrogen-bond donors (Lipinski definition) is 2. The molecule has 0 aliphatic heterocycles. The van der Waals surface area contributed by atoms with Crippen LogP contribution >= 0.6 is 12.2 Å². The largest absolute Gasteiger partial charge is 0.497 e. The minimum atomic E-state index is -0.380. The number of furan rings is 1. The summed E-state index contributed by atoms with van der Waals surface area (Å²) in [6, 6.07) is 14.7. The summed E-state index contributed by atoms with van der Waals surface area (Å²) >= 11 is 5.18. The van der Waals surface area contributed by atoms with Crippen LogP contribution in [0.4, 0.5) is 5.69 Å². The van der Waals surface area contributed by atoms with Crippen LogP contribution in [0.25, 0.3) is 11.0 Å². The Morgan fingerprint density at radius 3 is 2.50 bits per heavy atom. The number of methoxy groups -OCH3 is 1. The lowest BCUT2D eigenvalue weighted by atomic mass is 10.1. The summed E-state index contributed by atoms with van der Waals surface area (Å²) in [7, 11) is 1.60. The standard InChI is InChI=1S/C18H16N2O3S/c1-11-14-5-3-4-6-15(14)23-16(11)17(21)20-18(24)19-12-7-9-13(22-2)10-8-12/h3-10H,1-2H3,(H2,19,20,21,24). The molecule has 0 fully saturated rings. The fraction of sp³-hybridized carbons (Fsp3) is 0.111. The van der Waals surface area contributed by atoms with Gasteiger partial charge < -0.3 is 14.5 Å². The van der Waals surface area contributed by atoms with Gasteiger partial charge in [-0.2, -0.15) is 0 Å². The topological polar surface area (TPSA) is 63.5 Å². The van der Waals surface area contributed by atoms with Gasteiger partial charge in [-0.3, -0.25) is 10.1 Å². The van der Waals surface area contributed by atoms with Gasteiger partial charge in [-0.1, -0.05) is 18.2 Å². The minimum Gasteiger partial charge on any atom is -0.497 e. The molecule has 0 atom stereocenters. The zero-order chi connectivity index (χ0) is 17.1. The summed E-state index contributed by atoms with van der Waals surface area (Å²) in [5.41, 5.74) is 2.21. The van der Waals surface area contributed by atoms with Crippen LogP contribution in [0.1, 0.15) is 16.1 Å². The van der Waals surface area contributed by atoms with E-state index in [1.54, 1.807) is 19.2 Å². The maximum Gasteiger partial charge on any atom is 0.293 e. The van der Waals surface area contributed by atoms with Crippen molar-refractivity contribution in [2.24, 2.45) is 0 Å². The van der Waals surface area contributed by atoms with Crippen molar-refractivity contribution in [1.82, 2.24) is 5.32 Å². The first-order valence-corrected chi connectivity index (χ1v) is 7.74. The molecule has 0 aliphatic rings. The van der Waals surface area contributed by atoms with Gasteiger partial charge in [0.05, 0.1) is 7.11 Å². The van der Waals surface area contributed by atoms with Gasteiger partial charge in [-0.05, 0) is 49.5 Å². The van der Waals surface area contributed by atoms with Gasteiger partial charge in [-0.25, -0.2) is 0 Å². The molecule has 0 saturated carbocycles. The number of fused-ring (bicyclic) bond motifs is 1. The van der Waals surface area contributed by atoms with Crippen LogP contribution in [-0.2, 0) is 0 Å². The zero-order valence-electron chi connectivity index (χ0n) is 13.3. The second-order valence-electron chi connectivity index (χ2n) is 5.19. The summed E-state index contributed by atoms with van der Waals surface area (Å²) < 4.78 is 10.7. The smallest absolute Gasteiger partial charge is 0.293 e.